The highest BCUT2D eigenvalue weighted by atomic mass is 16.3. The van der Waals surface area contributed by atoms with Crippen molar-refractivity contribution in [3.8, 4) is 0 Å². The Kier molecular flexibility index (Phi) is 7.96. The van der Waals surface area contributed by atoms with Gasteiger partial charge in [-0.1, -0.05) is 70.1 Å². The highest BCUT2D eigenvalue weighted by Crippen LogP contribution is 2.60. The van der Waals surface area contributed by atoms with Gasteiger partial charge in [-0.05, 0) is 97.5 Å². The van der Waals surface area contributed by atoms with Crippen molar-refractivity contribution >= 4 is 0 Å². The van der Waals surface area contributed by atoms with E-state index in [4.69, 9.17) is 0 Å². The van der Waals surface area contributed by atoms with E-state index in [1.54, 1.807) is 5.57 Å². The van der Waals surface area contributed by atoms with Gasteiger partial charge in [-0.3, -0.25) is 0 Å². The van der Waals surface area contributed by atoms with Gasteiger partial charge in [0.2, 0.25) is 0 Å². The molecule has 0 unspecified atom stereocenters. The van der Waals surface area contributed by atoms with Crippen LogP contribution in [0, 0.1) is 28.6 Å². The molecule has 7 atom stereocenters. The third-order valence-corrected chi connectivity index (χ3v) is 10.1. The Balaban J connectivity index is 1.44. The minimum Gasteiger partial charge on any atom is -0.393 e. The van der Waals surface area contributed by atoms with Crippen molar-refractivity contribution in [1.29, 1.82) is 0 Å². The molecule has 0 aliphatic heterocycles. The lowest BCUT2D eigenvalue weighted by Crippen LogP contribution is -2.35. The number of unbranched alkanes of at least 4 members (excludes halogenated alkanes) is 1. The van der Waals surface area contributed by atoms with Crippen LogP contribution >= 0.6 is 0 Å². The van der Waals surface area contributed by atoms with E-state index in [0.29, 0.717) is 36.0 Å². The van der Waals surface area contributed by atoms with Crippen LogP contribution in [0.2, 0.25) is 0 Å². The first kappa shape index (κ1) is 25.9. The summed E-state index contributed by atoms with van der Waals surface area (Å²) in [5.41, 5.74) is 3.79. The zero-order chi connectivity index (χ0) is 24.5. The monoisotopic (exact) mass is 468 g/mol. The molecule has 4 fully saturated rings. The molecule has 0 aromatic heterocycles. The molecule has 0 aromatic carbocycles. The van der Waals surface area contributed by atoms with E-state index < -0.39 is 12.2 Å². The number of fused-ring (bicyclic) bond motifs is 1. The second kappa shape index (κ2) is 10.4. The lowest BCUT2D eigenvalue weighted by atomic mass is 9.61. The molecule has 34 heavy (non-hydrogen) atoms. The Morgan fingerprint density at radius 1 is 1.12 bits per heavy atom. The van der Waals surface area contributed by atoms with Gasteiger partial charge in [-0.25, -0.2) is 0 Å². The molecule has 0 saturated heterocycles. The van der Waals surface area contributed by atoms with E-state index >= 15 is 0 Å². The summed E-state index contributed by atoms with van der Waals surface area (Å²) < 4.78 is 0. The van der Waals surface area contributed by atoms with E-state index in [0.717, 1.165) is 24.0 Å². The molecule has 0 bridgehead atoms. The van der Waals surface area contributed by atoms with Gasteiger partial charge in [0.1, 0.15) is 0 Å². The van der Waals surface area contributed by atoms with Gasteiger partial charge < -0.3 is 15.3 Å². The fourth-order valence-electron chi connectivity index (χ4n) is 7.61. The van der Waals surface area contributed by atoms with E-state index in [2.05, 4.69) is 51.7 Å². The number of aliphatic hydroxyl groups is 3. The van der Waals surface area contributed by atoms with Gasteiger partial charge in [0.15, 0.2) is 0 Å². The molecule has 0 radical (unpaired) electrons. The maximum Gasteiger partial charge on any atom is 0.0811 e. The van der Waals surface area contributed by atoms with Crippen molar-refractivity contribution < 1.29 is 15.3 Å². The summed E-state index contributed by atoms with van der Waals surface area (Å²) in [6, 6.07) is 0. The molecule has 4 rings (SSSR count). The molecule has 0 aromatic rings. The number of hydrogen-bond donors (Lipinski definition) is 3. The van der Waals surface area contributed by atoms with Crippen molar-refractivity contribution in [2.45, 2.75) is 116 Å². The predicted octanol–water partition coefficient (Wildman–Crippen LogP) is 6.65. The van der Waals surface area contributed by atoms with E-state index in [1.807, 2.05) is 0 Å². The Labute approximate surface area is 207 Å². The van der Waals surface area contributed by atoms with E-state index in [1.165, 1.54) is 51.4 Å². The smallest absolute Gasteiger partial charge is 0.0811 e. The van der Waals surface area contributed by atoms with Crippen LogP contribution in [0.1, 0.15) is 97.8 Å². The van der Waals surface area contributed by atoms with Crippen LogP contribution < -0.4 is 0 Å². The van der Waals surface area contributed by atoms with Gasteiger partial charge in [-0.15, -0.1) is 0 Å². The Morgan fingerprint density at radius 3 is 2.59 bits per heavy atom. The first-order valence-electron chi connectivity index (χ1n) is 14.0. The number of aliphatic hydroxyl groups excluding tert-OH is 3. The van der Waals surface area contributed by atoms with Gasteiger partial charge in [0, 0.05) is 6.42 Å². The van der Waals surface area contributed by atoms with E-state index in [-0.39, 0.29) is 11.5 Å². The topological polar surface area (TPSA) is 60.7 Å². The number of rotatable bonds is 8. The standard InChI is InChI=1S/C31H48O3/c1-5-6-16-31(17-18-31)29(34)14-9-21(2)26-12-13-27-23(8-7-15-30(26,27)4)10-11-24-19-25(32)20-28(33)22(24)3/h9-11,14,21,25-29,32-34H,3,5-8,12-13,15-20H2,1-2,4H3/b14-9+,23-10+,24-11-/t21-,25-,26-,27+,28+,29+,30-/m1/s1. The highest BCUT2D eigenvalue weighted by Gasteiger charge is 2.51. The van der Waals surface area contributed by atoms with Crippen LogP contribution in [-0.2, 0) is 0 Å². The van der Waals surface area contributed by atoms with Crippen molar-refractivity contribution in [3.05, 3.63) is 47.6 Å². The third kappa shape index (κ3) is 5.18. The zero-order valence-corrected chi connectivity index (χ0v) is 21.8. The summed E-state index contributed by atoms with van der Waals surface area (Å²) in [5.74, 6) is 1.74. The summed E-state index contributed by atoms with van der Waals surface area (Å²) in [7, 11) is 0. The fraction of sp³-hybridized carbons (Fsp3) is 0.742. The number of hydrogen-bond acceptors (Lipinski definition) is 3. The maximum absolute atomic E-state index is 10.9. The molecular weight excluding hydrogens is 420 g/mol. The average molecular weight is 469 g/mol. The van der Waals surface area contributed by atoms with Crippen LogP contribution in [0.4, 0.5) is 0 Å². The van der Waals surface area contributed by atoms with Gasteiger partial charge in [0.05, 0.1) is 18.3 Å². The van der Waals surface area contributed by atoms with Crippen LogP contribution in [-0.4, -0.2) is 33.6 Å². The first-order chi connectivity index (χ1) is 16.2. The largest absolute Gasteiger partial charge is 0.393 e. The lowest BCUT2D eigenvalue weighted by molar-refractivity contribution is 0.0862. The quantitative estimate of drug-likeness (QED) is 0.349. The van der Waals surface area contributed by atoms with Crippen LogP contribution in [0.25, 0.3) is 0 Å². The summed E-state index contributed by atoms with van der Waals surface area (Å²) in [6.45, 7) is 11.2. The van der Waals surface area contributed by atoms with Crippen molar-refractivity contribution in [2.75, 3.05) is 0 Å². The maximum atomic E-state index is 10.9. The Morgan fingerprint density at radius 2 is 1.88 bits per heavy atom. The summed E-state index contributed by atoms with van der Waals surface area (Å²) in [4.78, 5) is 0. The van der Waals surface area contributed by atoms with Crippen molar-refractivity contribution in [1.82, 2.24) is 0 Å². The molecule has 3 nitrogen and oxygen atoms in total. The highest BCUT2D eigenvalue weighted by molar-refractivity contribution is 5.38. The molecule has 4 saturated carbocycles. The van der Waals surface area contributed by atoms with Crippen LogP contribution in [0.3, 0.4) is 0 Å². The molecule has 0 heterocycles. The Hall–Kier alpha value is -1.16. The molecule has 3 heteroatoms. The molecule has 0 amide bonds. The predicted molar refractivity (Wildman–Crippen MR) is 140 cm³/mol. The van der Waals surface area contributed by atoms with E-state index in [9.17, 15) is 15.3 Å². The second-order valence-corrected chi connectivity index (χ2v) is 12.3. The van der Waals surface area contributed by atoms with Crippen LogP contribution in [0.15, 0.2) is 47.6 Å². The average Bonchev–Trinajstić information content (AvgIpc) is 3.51. The molecule has 0 spiro atoms. The first-order valence-corrected chi connectivity index (χ1v) is 14.0. The normalized spacial score (nSPS) is 39.5. The lowest BCUT2D eigenvalue weighted by Gasteiger charge is -2.44. The molecular formula is C31H48O3. The van der Waals surface area contributed by atoms with Gasteiger partial charge in [-0.2, -0.15) is 0 Å². The molecule has 190 valence electrons. The van der Waals surface area contributed by atoms with Gasteiger partial charge >= 0.3 is 0 Å². The Bertz CT molecular complexity index is 832. The molecule has 4 aliphatic rings. The van der Waals surface area contributed by atoms with Gasteiger partial charge in [0.25, 0.3) is 0 Å². The molecule has 3 N–H and O–H groups in total. The second-order valence-electron chi connectivity index (χ2n) is 12.3. The summed E-state index contributed by atoms with van der Waals surface area (Å²) >= 11 is 0. The van der Waals surface area contributed by atoms with Crippen molar-refractivity contribution in [3.63, 3.8) is 0 Å². The van der Waals surface area contributed by atoms with Crippen molar-refractivity contribution in [2.24, 2.45) is 28.6 Å². The minimum atomic E-state index is -0.624. The summed E-state index contributed by atoms with van der Waals surface area (Å²) in [5, 5.41) is 31.2. The SMILES string of the molecule is C=C1/C(=C\C=C2/CCC[C@]3(C)[C@@H]([C@H](C)/C=C/[C@H](O)C4(CCCC)CC4)CC[C@@H]23)C[C@@H](O)C[C@@H]1O. The third-order valence-electron chi connectivity index (χ3n) is 10.1. The summed E-state index contributed by atoms with van der Waals surface area (Å²) in [6.07, 6.45) is 20.6. The number of allylic oxidation sites excluding steroid dienone is 4. The minimum absolute atomic E-state index is 0.173. The fourth-order valence-corrected chi connectivity index (χ4v) is 7.61. The zero-order valence-electron chi connectivity index (χ0n) is 21.8. The van der Waals surface area contributed by atoms with Crippen LogP contribution in [0.5, 0.6) is 0 Å². The molecule has 4 aliphatic carbocycles.